The average Bonchev–Trinajstić information content (AvgIpc) is 2.79. The first-order chi connectivity index (χ1) is 14.3. The summed E-state index contributed by atoms with van der Waals surface area (Å²) < 4.78 is 0. The highest BCUT2D eigenvalue weighted by Gasteiger charge is 2.11. The second kappa shape index (κ2) is 9.14. The quantitative estimate of drug-likeness (QED) is 0.672. The summed E-state index contributed by atoms with van der Waals surface area (Å²) in [5.74, 6) is 0.340. The summed E-state index contributed by atoms with van der Waals surface area (Å²) in [6.45, 7) is 2.67. The number of anilines is 3. The number of carbonyl (C=O) groups is 1. The molecule has 4 rings (SSSR count). The fourth-order valence-corrected chi connectivity index (χ4v) is 3.38. The molecule has 1 aliphatic heterocycles. The fraction of sp³-hybridized carbons (Fsp3) is 0.273. The molecule has 7 nitrogen and oxygen atoms in total. The van der Waals surface area contributed by atoms with Crippen LogP contribution >= 0.6 is 0 Å². The molecule has 0 unspecified atom stereocenters. The Morgan fingerprint density at radius 3 is 2.48 bits per heavy atom. The Morgan fingerprint density at radius 2 is 1.72 bits per heavy atom. The summed E-state index contributed by atoms with van der Waals surface area (Å²) in [7, 11) is 0. The van der Waals surface area contributed by atoms with Gasteiger partial charge in [0.2, 0.25) is 0 Å². The Kier molecular flexibility index (Phi) is 5.95. The van der Waals surface area contributed by atoms with Gasteiger partial charge in [0.05, 0.1) is 0 Å². The van der Waals surface area contributed by atoms with Gasteiger partial charge in [-0.25, -0.2) is 9.97 Å². The number of hydrogen-bond donors (Lipinski definition) is 2. The molecule has 7 heteroatoms. The first-order valence-electron chi connectivity index (χ1n) is 9.89. The Labute approximate surface area is 170 Å². The van der Waals surface area contributed by atoms with Gasteiger partial charge in [-0.3, -0.25) is 9.78 Å². The predicted octanol–water partition coefficient (Wildman–Crippen LogP) is 3.54. The molecule has 1 aromatic carbocycles. The maximum absolute atomic E-state index is 12.4. The molecule has 3 heterocycles. The van der Waals surface area contributed by atoms with E-state index < -0.39 is 0 Å². The van der Waals surface area contributed by atoms with Crippen LogP contribution in [0.25, 0.3) is 0 Å². The van der Waals surface area contributed by atoms with Crippen LogP contribution < -0.4 is 15.5 Å². The first-order valence-corrected chi connectivity index (χ1v) is 9.89. The van der Waals surface area contributed by atoms with E-state index in [0.29, 0.717) is 18.1 Å². The lowest BCUT2D eigenvalue weighted by Gasteiger charge is -2.28. The van der Waals surface area contributed by atoms with E-state index in [1.165, 1.54) is 31.3 Å². The highest BCUT2D eigenvalue weighted by molar-refractivity contribution is 5.92. The van der Waals surface area contributed by atoms with E-state index in [4.69, 9.17) is 0 Å². The smallest absolute Gasteiger partial charge is 0.270 e. The van der Waals surface area contributed by atoms with Crippen LogP contribution in [0.3, 0.4) is 0 Å². The zero-order chi connectivity index (χ0) is 19.9. The summed E-state index contributed by atoms with van der Waals surface area (Å²) in [6.07, 6.45) is 8.63. The fourth-order valence-electron chi connectivity index (χ4n) is 3.38. The van der Waals surface area contributed by atoms with E-state index in [-0.39, 0.29) is 5.91 Å². The minimum atomic E-state index is -0.243. The number of pyridine rings is 1. The summed E-state index contributed by atoms with van der Waals surface area (Å²) in [5.41, 5.74) is 3.47. The van der Waals surface area contributed by atoms with E-state index in [9.17, 15) is 4.79 Å². The summed E-state index contributed by atoms with van der Waals surface area (Å²) in [4.78, 5) is 27.1. The van der Waals surface area contributed by atoms with Gasteiger partial charge in [-0.05, 0) is 61.2 Å². The molecule has 29 heavy (non-hydrogen) atoms. The Balaban J connectivity index is 1.37. The number of nitrogens with zero attached hydrogens (tertiary/aromatic N) is 4. The van der Waals surface area contributed by atoms with Gasteiger partial charge in [-0.1, -0.05) is 0 Å². The number of nitrogens with one attached hydrogen (secondary N) is 2. The van der Waals surface area contributed by atoms with Crippen molar-refractivity contribution in [1.29, 1.82) is 0 Å². The molecule has 0 saturated carbocycles. The SMILES string of the molecule is O=C(NCc1ccncc1)c1cc(Nc2ccc(N3CCCCC3)cc2)ncn1. The minimum absolute atomic E-state index is 0.243. The molecule has 2 aromatic heterocycles. The van der Waals surface area contributed by atoms with Crippen LogP contribution in [0.5, 0.6) is 0 Å². The molecular formula is C22H24N6O. The summed E-state index contributed by atoms with van der Waals surface area (Å²) in [6, 6.07) is 13.7. The zero-order valence-corrected chi connectivity index (χ0v) is 16.2. The average molecular weight is 388 g/mol. The molecule has 148 valence electrons. The number of rotatable bonds is 6. The van der Waals surface area contributed by atoms with E-state index in [1.54, 1.807) is 18.5 Å². The van der Waals surface area contributed by atoms with Crippen molar-refractivity contribution < 1.29 is 4.79 Å². The summed E-state index contributed by atoms with van der Waals surface area (Å²) >= 11 is 0. The van der Waals surface area contributed by atoms with Crippen molar-refractivity contribution in [3.63, 3.8) is 0 Å². The first kappa shape index (κ1) is 18.9. The van der Waals surface area contributed by atoms with Crippen LogP contribution in [-0.4, -0.2) is 33.9 Å². The van der Waals surface area contributed by atoms with Crippen LogP contribution in [0, 0.1) is 0 Å². The number of benzene rings is 1. The van der Waals surface area contributed by atoms with Gasteiger partial charge in [0.25, 0.3) is 5.91 Å². The maximum Gasteiger partial charge on any atom is 0.270 e. The third-order valence-corrected chi connectivity index (χ3v) is 4.96. The van der Waals surface area contributed by atoms with Gasteiger partial charge in [-0.15, -0.1) is 0 Å². The van der Waals surface area contributed by atoms with Crippen LogP contribution in [-0.2, 0) is 6.54 Å². The standard InChI is InChI=1S/C22H24N6O/c29-22(24-15-17-8-10-23-11-9-17)20-14-21(26-16-25-20)27-18-4-6-19(7-5-18)28-12-2-1-3-13-28/h4-11,14,16H,1-3,12-13,15H2,(H,24,29)(H,25,26,27). The molecule has 0 atom stereocenters. The lowest BCUT2D eigenvalue weighted by atomic mass is 10.1. The second-order valence-electron chi connectivity index (χ2n) is 7.05. The lowest BCUT2D eigenvalue weighted by Crippen LogP contribution is -2.29. The van der Waals surface area contributed by atoms with Crippen LogP contribution in [0.15, 0.2) is 61.2 Å². The van der Waals surface area contributed by atoms with E-state index in [0.717, 1.165) is 24.3 Å². The van der Waals surface area contributed by atoms with E-state index in [2.05, 4.69) is 42.6 Å². The van der Waals surface area contributed by atoms with Gasteiger partial charge >= 0.3 is 0 Å². The molecule has 1 fully saturated rings. The van der Waals surface area contributed by atoms with Crippen LogP contribution in [0.1, 0.15) is 35.3 Å². The second-order valence-corrected chi connectivity index (χ2v) is 7.05. The topological polar surface area (TPSA) is 83.0 Å². The van der Waals surface area contributed by atoms with E-state index in [1.807, 2.05) is 24.3 Å². The lowest BCUT2D eigenvalue weighted by molar-refractivity contribution is 0.0946. The predicted molar refractivity (Wildman–Crippen MR) is 113 cm³/mol. The van der Waals surface area contributed by atoms with Crippen molar-refractivity contribution in [2.24, 2.45) is 0 Å². The van der Waals surface area contributed by atoms with Crippen LogP contribution in [0.2, 0.25) is 0 Å². The van der Waals surface area contributed by atoms with Gasteiger partial charge < -0.3 is 15.5 Å². The molecule has 0 aliphatic carbocycles. The molecule has 1 saturated heterocycles. The van der Waals surface area contributed by atoms with Gasteiger partial charge in [-0.2, -0.15) is 0 Å². The van der Waals surface area contributed by atoms with Crippen molar-refractivity contribution in [3.8, 4) is 0 Å². The molecule has 1 amide bonds. The molecule has 0 radical (unpaired) electrons. The number of carbonyl (C=O) groups excluding carboxylic acids is 1. The molecule has 3 aromatic rings. The van der Waals surface area contributed by atoms with Crippen molar-refractivity contribution in [2.45, 2.75) is 25.8 Å². The number of piperidine rings is 1. The van der Waals surface area contributed by atoms with Crippen molar-refractivity contribution in [1.82, 2.24) is 20.3 Å². The minimum Gasteiger partial charge on any atom is -0.372 e. The van der Waals surface area contributed by atoms with Crippen molar-refractivity contribution >= 4 is 23.1 Å². The van der Waals surface area contributed by atoms with E-state index >= 15 is 0 Å². The third-order valence-electron chi connectivity index (χ3n) is 4.96. The largest absolute Gasteiger partial charge is 0.372 e. The zero-order valence-electron chi connectivity index (χ0n) is 16.2. The van der Waals surface area contributed by atoms with Gasteiger partial charge in [0, 0.05) is 49.5 Å². The number of aromatic nitrogens is 3. The van der Waals surface area contributed by atoms with Gasteiger partial charge in [0.1, 0.15) is 17.8 Å². The molecular weight excluding hydrogens is 364 g/mol. The Bertz CT molecular complexity index is 939. The molecule has 0 spiro atoms. The highest BCUT2D eigenvalue weighted by Crippen LogP contribution is 2.23. The monoisotopic (exact) mass is 388 g/mol. The Morgan fingerprint density at radius 1 is 0.966 bits per heavy atom. The molecule has 0 bridgehead atoms. The maximum atomic E-state index is 12.4. The third kappa shape index (κ3) is 5.07. The highest BCUT2D eigenvalue weighted by atomic mass is 16.1. The molecule has 2 N–H and O–H groups in total. The number of hydrogen-bond acceptors (Lipinski definition) is 6. The van der Waals surface area contributed by atoms with Crippen LogP contribution in [0.4, 0.5) is 17.2 Å². The molecule has 1 aliphatic rings. The Hall–Kier alpha value is -3.48. The number of amides is 1. The van der Waals surface area contributed by atoms with Crippen molar-refractivity contribution in [2.75, 3.05) is 23.3 Å². The van der Waals surface area contributed by atoms with Crippen molar-refractivity contribution in [3.05, 3.63) is 72.4 Å². The van der Waals surface area contributed by atoms with Gasteiger partial charge in [0.15, 0.2) is 0 Å². The summed E-state index contributed by atoms with van der Waals surface area (Å²) in [5, 5.41) is 6.11. The normalized spacial score (nSPS) is 13.7.